The van der Waals surface area contributed by atoms with E-state index in [-0.39, 0.29) is 11.8 Å². The maximum absolute atomic E-state index is 11.2. The van der Waals surface area contributed by atoms with Crippen LogP contribution >= 0.6 is 0 Å². The normalized spacial score (nSPS) is 20.1. The van der Waals surface area contributed by atoms with Crippen LogP contribution in [0.3, 0.4) is 0 Å². The standard InChI is InChI=1S/C13H16N4O3/c14-12(18)9-3-1-5-17(7-9)8-11-15-16-13(20-11)10-4-2-6-19-10/h2,4,6,9H,1,3,5,7-8H2,(H2,14,18)/t9-/m1/s1. The summed E-state index contributed by atoms with van der Waals surface area (Å²) in [5.74, 6) is 1.11. The lowest BCUT2D eigenvalue weighted by atomic mass is 9.97. The Kier molecular flexibility index (Phi) is 3.51. The SMILES string of the molecule is NC(=O)[C@@H]1CCCN(Cc2nnc(-c3ccco3)o2)C1. The third kappa shape index (κ3) is 2.72. The molecular formula is C13H16N4O3. The van der Waals surface area contributed by atoms with Gasteiger partial charge >= 0.3 is 0 Å². The van der Waals surface area contributed by atoms with Gasteiger partial charge in [0.15, 0.2) is 5.76 Å². The zero-order valence-electron chi connectivity index (χ0n) is 11.0. The van der Waals surface area contributed by atoms with Crippen molar-refractivity contribution in [3.8, 4) is 11.7 Å². The van der Waals surface area contributed by atoms with Crippen LogP contribution in [0.5, 0.6) is 0 Å². The third-order valence-electron chi connectivity index (χ3n) is 3.47. The number of likely N-dealkylation sites (tertiary alicyclic amines) is 1. The molecule has 0 aliphatic carbocycles. The van der Waals surface area contributed by atoms with Crippen molar-refractivity contribution in [3.05, 3.63) is 24.3 Å². The molecule has 106 valence electrons. The summed E-state index contributed by atoms with van der Waals surface area (Å²) in [7, 11) is 0. The Morgan fingerprint density at radius 1 is 1.50 bits per heavy atom. The Morgan fingerprint density at radius 3 is 3.15 bits per heavy atom. The molecule has 1 amide bonds. The predicted octanol–water partition coefficient (Wildman–Crippen LogP) is 1.03. The van der Waals surface area contributed by atoms with E-state index < -0.39 is 0 Å². The zero-order valence-corrected chi connectivity index (χ0v) is 11.0. The first-order chi connectivity index (χ1) is 9.72. The molecule has 1 aliphatic heterocycles. The van der Waals surface area contributed by atoms with Crippen molar-refractivity contribution in [2.24, 2.45) is 11.7 Å². The molecule has 1 saturated heterocycles. The molecule has 7 heteroatoms. The minimum atomic E-state index is -0.239. The van der Waals surface area contributed by atoms with Crippen LogP contribution in [0.15, 0.2) is 27.2 Å². The van der Waals surface area contributed by atoms with Gasteiger partial charge in [0, 0.05) is 6.54 Å². The van der Waals surface area contributed by atoms with Gasteiger partial charge in [-0.1, -0.05) is 0 Å². The van der Waals surface area contributed by atoms with E-state index in [4.69, 9.17) is 14.6 Å². The average Bonchev–Trinajstić information content (AvgIpc) is 3.09. The highest BCUT2D eigenvalue weighted by molar-refractivity contribution is 5.76. The Labute approximate surface area is 115 Å². The number of furan rings is 1. The lowest BCUT2D eigenvalue weighted by molar-refractivity contribution is -0.123. The molecule has 2 aromatic heterocycles. The Balaban J connectivity index is 1.64. The molecule has 0 bridgehead atoms. The molecule has 0 radical (unpaired) electrons. The Bertz CT molecular complexity index is 578. The molecular weight excluding hydrogens is 260 g/mol. The van der Waals surface area contributed by atoms with Gasteiger partial charge in [-0.25, -0.2) is 0 Å². The fraction of sp³-hybridized carbons (Fsp3) is 0.462. The zero-order chi connectivity index (χ0) is 13.9. The van der Waals surface area contributed by atoms with Gasteiger partial charge < -0.3 is 14.6 Å². The minimum absolute atomic E-state index is 0.0868. The molecule has 0 unspecified atom stereocenters. The summed E-state index contributed by atoms with van der Waals surface area (Å²) < 4.78 is 10.8. The molecule has 1 fully saturated rings. The fourth-order valence-corrected chi connectivity index (χ4v) is 2.44. The van der Waals surface area contributed by atoms with Crippen molar-refractivity contribution >= 4 is 5.91 Å². The van der Waals surface area contributed by atoms with E-state index in [1.54, 1.807) is 18.4 Å². The molecule has 1 atom stereocenters. The van der Waals surface area contributed by atoms with Crippen LogP contribution in [0.4, 0.5) is 0 Å². The molecule has 7 nitrogen and oxygen atoms in total. The maximum Gasteiger partial charge on any atom is 0.283 e. The van der Waals surface area contributed by atoms with Gasteiger partial charge in [-0.3, -0.25) is 9.69 Å². The van der Waals surface area contributed by atoms with Crippen LogP contribution in [-0.4, -0.2) is 34.1 Å². The highest BCUT2D eigenvalue weighted by Crippen LogP contribution is 2.21. The second-order valence-corrected chi connectivity index (χ2v) is 4.95. The summed E-state index contributed by atoms with van der Waals surface area (Å²) in [5.41, 5.74) is 5.36. The molecule has 3 rings (SSSR count). The number of amides is 1. The number of rotatable bonds is 4. The predicted molar refractivity (Wildman–Crippen MR) is 69.2 cm³/mol. The number of primary amides is 1. The van der Waals surface area contributed by atoms with Crippen molar-refractivity contribution in [2.45, 2.75) is 19.4 Å². The number of carbonyl (C=O) groups is 1. The number of piperidine rings is 1. The van der Waals surface area contributed by atoms with E-state index in [2.05, 4.69) is 15.1 Å². The van der Waals surface area contributed by atoms with Crippen molar-refractivity contribution in [3.63, 3.8) is 0 Å². The number of aromatic nitrogens is 2. The summed E-state index contributed by atoms with van der Waals surface area (Å²) in [5, 5.41) is 7.95. The van der Waals surface area contributed by atoms with Crippen LogP contribution in [-0.2, 0) is 11.3 Å². The summed E-state index contributed by atoms with van der Waals surface area (Å²) in [4.78, 5) is 13.4. The van der Waals surface area contributed by atoms with Crippen LogP contribution < -0.4 is 5.73 Å². The van der Waals surface area contributed by atoms with Crippen molar-refractivity contribution < 1.29 is 13.6 Å². The first-order valence-corrected chi connectivity index (χ1v) is 6.60. The minimum Gasteiger partial charge on any atom is -0.459 e. The van der Waals surface area contributed by atoms with Gasteiger partial charge in [0.25, 0.3) is 5.89 Å². The summed E-state index contributed by atoms with van der Waals surface area (Å²) in [6, 6.07) is 3.53. The van der Waals surface area contributed by atoms with E-state index >= 15 is 0 Å². The molecule has 0 aromatic carbocycles. The molecule has 2 aromatic rings. The van der Waals surface area contributed by atoms with E-state index in [9.17, 15) is 4.79 Å². The van der Waals surface area contributed by atoms with E-state index in [0.29, 0.717) is 30.6 Å². The van der Waals surface area contributed by atoms with Crippen molar-refractivity contribution in [2.75, 3.05) is 13.1 Å². The molecule has 20 heavy (non-hydrogen) atoms. The highest BCUT2D eigenvalue weighted by Gasteiger charge is 2.25. The summed E-state index contributed by atoms with van der Waals surface area (Å²) >= 11 is 0. The quantitative estimate of drug-likeness (QED) is 0.895. The van der Waals surface area contributed by atoms with E-state index in [1.807, 2.05) is 0 Å². The Morgan fingerprint density at radius 2 is 2.40 bits per heavy atom. The monoisotopic (exact) mass is 276 g/mol. The van der Waals surface area contributed by atoms with Gasteiger partial charge in [0.1, 0.15) is 0 Å². The first-order valence-electron chi connectivity index (χ1n) is 6.60. The lowest BCUT2D eigenvalue weighted by Crippen LogP contribution is -2.40. The lowest BCUT2D eigenvalue weighted by Gasteiger charge is -2.29. The van der Waals surface area contributed by atoms with Crippen LogP contribution in [0.2, 0.25) is 0 Å². The Hall–Kier alpha value is -2.15. The van der Waals surface area contributed by atoms with Crippen LogP contribution in [0, 0.1) is 5.92 Å². The van der Waals surface area contributed by atoms with Gasteiger partial charge in [-0.05, 0) is 31.5 Å². The topological polar surface area (TPSA) is 98.4 Å². The van der Waals surface area contributed by atoms with Crippen molar-refractivity contribution in [1.29, 1.82) is 0 Å². The molecule has 0 saturated carbocycles. The second-order valence-electron chi connectivity index (χ2n) is 4.95. The third-order valence-corrected chi connectivity index (χ3v) is 3.47. The van der Waals surface area contributed by atoms with Gasteiger partial charge in [0.2, 0.25) is 11.8 Å². The molecule has 3 heterocycles. The first kappa shape index (κ1) is 12.9. The van der Waals surface area contributed by atoms with Gasteiger partial charge in [-0.2, -0.15) is 0 Å². The highest BCUT2D eigenvalue weighted by atomic mass is 16.4. The number of hydrogen-bond acceptors (Lipinski definition) is 6. The number of nitrogens with two attached hydrogens (primary N) is 1. The van der Waals surface area contributed by atoms with Gasteiger partial charge in [-0.15, -0.1) is 10.2 Å². The maximum atomic E-state index is 11.2. The fourth-order valence-electron chi connectivity index (χ4n) is 2.44. The summed E-state index contributed by atoms with van der Waals surface area (Å²) in [6.45, 7) is 2.08. The summed E-state index contributed by atoms with van der Waals surface area (Å²) in [6.07, 6.45) is 3.36. The van der Waals surface area contributed by atoms with Gasteiger partial charge in [0.05, 0.1) is 18.7 Å². The van der Waals surface area contributed by atoms with Crippen LogP contribution in [0.25, 0.3) is 11.7 Å². The second kappa shape index (κ2) is 5.46. The molecule has 2 N–H and O–H groups in total. The number of hydrogen-bond donors (Lipinski definition) is 1. The molecule has 1 aliphatic rings. The number of nitrogens with zero attached hydrogens (tertiary/aromatic N) is 3. The number of carbonyl (C=O) groups excluding carboxylic acids is 1. The van der Waals surface area contributed by atoms with E-state index in [0.717, 1.165) is 19.4 Å². The van der Waals surface area contributed by atoms with Crippen molar-refractivity contribution in [1.82, 2.24) is 15.1 Å². The molecule has 0 spiro atoms. The average molecular weight is 276 g/mol. The largest absolute Gasteiger partial charge is 0.459 e. The van der Waals surface area contributed by atoms with Crippen LogP contribution in [0.1, 0.15) is 18.7 Å². The smallest absolute Gasteiger partial charge is 0.283 e. The van der Waals surface area contributed by atoms with E-state index in [1.165, 1.54) is 0 Å².